The number of benzene rings is 2. The molecule has 0 saturated carbocycles. The van der Waals surface area contributed by atoms with Gasteiger partial charge in [-0.15, -0.1) is 11.3 Å². The minimum atomic E-state index is -0.242. The summed E-state index contributed by atoms with van der Waals surface area (Å²) in [6.07, 6.45) is 0.620. The maximum absolute atomic E-state index is 11.3. The molecule has 0 N–H and O–H groups in total. The highest BCUT2D eigenvalue weighted by atomic mass is 32.1. The van der Waals surface area contributed by atoms with Crippen LogP contribution < -0.4 is 4.74 Å². The van der Waals surface area contributed by atoms with Gasteiger partial charge in [0.2, 0.25) is 0 Å². The fraction of sp³-hybridized carbons (Fsp3) is 0.250. The van der Waals surface area contributed by atoms with Crippen LogP contribution in [0.4, 0.5) is 0 Å². The van der Waals surface area contributed by atoms with Crippen LogP contribution in [0.3, 0.4) is 0 Å². The van der Waals surface area contributed by atoms with Crippen molar-refractivity contribution in [3.63, 3.8) is 0 Å². The number of nitrogens with zero attached hydrogens (tertiary/aromatic N) is 1. The molecule has 0 fully saturated rings. The van der Waals surface area contributed by atoms with Gasteiger partial charge in [-0.3, -0.25) is 4.79 Å². The van der Waals surface area contributed by atoms with Crippen molar-refractivity contribution in [3.05, 3.63) is 70.7 Å². The molecule has 4 rings (SSSR count). The number of furan rings is 1. The molecule has 29 heavy (non-hydrogen) atoms. The number of hydrogen-bond donors (Lipinski definition) is 0. The maximum atomic E-state index is 11.3. The number of rotatable bonds is 5. The van der Waals surface area contributed by atoms with Gasteiger partial charge in [0.15, 0.2) is 10.8 Å². The first kappa shape index (κ1) is 19.4. The fourth-order valence-corrected chi connectivity index (χ4v) is 4.18. The van der Waals surface area contributed by atoms with Crippen molar-refractivity contribution in [1.29, 1.82) is 0 Å². The zero-order chi connectivity index (χ0) is 20.6. The number of aldehydes is 1. The zero-order valence-corrected chi connectivity index (χ0v) is 17.7. The molecule has 0 amide bonds. The van der Waals surface area contributed by atoms with Gasteiger partial charge in [-0.05, 0) is 31.2 Å². The van der Waals surface area contributed by atoms with Gasteiger partial charge in [-0.25, -0.2) is 4.98 Å². The lowest BCUT2D eigenvalue weighted by atomic mass is 9.93. The van der Waals surface area contributed by atoms with E-state index in [1.807, 2.05) is 49.4 Å². The molecule has 0 bridgehead atoms. The first-order valence-corrected chi connectivity index (χ1v) is 10.4. The van der Waals surface area contributed by atoms with E-state index in [-0.39, 0.29) is 11.5 Å². The summed E-state index contributed by atoms with van der Waals surface area (Å²) in [7, 11) is 0. The topological polar surface area (TPSA) is 52.3 Å². The summed E-state index contributed by atoms with van der Waals surface area (Å²) in [6, 6.07) is 15.2. The molecule has 5 heteroatoms. The Morgan fingerprint density at radius 2 is 1.93 bits per heavy atom. The number of thiazole rings is 1. The molecule has 0 aliphatic carbocycles. The quantitative estimate of drug-likeness (QED) is 0.342. The normalized spacial score (nSPS) is 12.8. The summed E-state index contributed by atoms with van der Waals surface area (Å²) in [5.41, 5.74) is 3.37. The van der Waals surface area contributed by atoms with Crippen LogP contribution in [0.15, 0.2) is 58.3 Å². The molecule has 0 saturated heterocycles. The molecular weight excluding hydrogens is 382 g/mol. The molecule has 1 unspecified atom stereocenters. The van der Waals surface area contributed by atoms with E-state index in [4.69, 9.17) is 14.1 Å². The van der Waals surface area contributed by atoms with E-state index < -0.39 is 0 Å². The Hall–Kier alpha value is -2.92. The minimum absolute atomic E-state index is 0.00965. The van der Waals surface area contributed by atoms with Crippen molar-refractivity contribution < 1.29 is 13.9 Å². The van der Waals surface area contributed by atoms with Crippen molar-refractivity contribution in [1.82, 2.24) is 4.98 Å². The first-order valence-electron chi connectivity index (χ1n) is 9.56. The van der Waals surface area contributed by atoms with Crippen molar-refractivity contribution in [2.75, 3.05) is 0 Å². The molecule has 0 radical (unpaired) electrons. The zero-order valence-electron chi connectivity index (χ0n) is 16.9. The highest BCUT2D eigenvalue weighted by Crippen LogP contribution is 2.35. The molecule has 1 atom stereocenters. The van der Waals surface area contributed by atoms with Crippen LogP contribution >= 0.6 is 11.3 Å². The van der Waals surface area contributed by atoms with Crippen LogP contribution in [0, 0.1) is 0 Å². The fourth-order valence-electron chi connectivity index (χ4n) is 3.19. The van der Waals surface area contributed by atoms with Gasteiger partial charge in [0.05, 0.1) is 5.69 Å². The minimum Gasteiger partial charge on any atom is -0.486 e. The van der Waals surface area contributed by atoms with Crippen LogP contribution in [-0.4, -0.2) is 11.3 Å². The van der Waals surface area contributed by atoms with Gasteiger partial charge in [0.25, 0.3) is 0 Å². The monoisotopic (exact) mass is 405 g/mol. The van der Waals surface area contributed by atoms with Crippen LogP contribution in [0.5, 0.6) is 5.75 Å². The summed E-state index contributed by atoms with van der Waals surface area (Å²) >= 11 is 1.59. The number of fused-ring (bicyclic) bond motifs is 1. The summed E-state index contributed by atoms with van der Waals surface area (Å²) in [6.45, 7) is 8.39. The Labute approximate surface area is 174 Å². The van der Waals surface area contributed by atoms with Crippen molar-refractivity contribution in [2.45, 2.75) is 39.2 Å². The second kappa shape index (κ2) is 7.48. The van der Waals surface area contributed by atoms with E-state index in [1.165, 1.54) is 0 Å². The number of aromatic nitrogens is 1. The third kappa shape index (κ3) is 3.96. The molecule has 148 valence electrons. The molecule has 2 aromatic carbocycles. The first-order chi connectivity index (χ1) is 13.8. The second-order valence-corrected chi connectivity index (χ2v) is 8.96. The molecule has 0 spiro atoms. The van der Waals surface area contributed by atoms with E-state index in [2.05, 4.69) is 26.2 Å². The van der Waals surface area contributed by atoms with E-state index in [0.29, 0.717) is 5.56 Å². The van der Waals surface area contributed by atoms with Crippen molar-refractivity contribution >= 4 is 28.6 Å². The summed E-state index contributed by atoms with van der Waals surface area (Å²) in [5.74, 6) is 1.49. The lowest BCUT2D eigenvalue weighted by Gasteiger charge is -2.16. The Morgan fingerprint density at radius 1 is 1.14 bits per heavy atom. The standard InChI is InChI=1S/C24H23NO3S/c1-15(19-8-6-5-7-16(19)13-26)27-18-9-10-20-17(11-18)12-21(28-20)23-25-22(14-29-23)24(2,3)4/h5-15H,1-4H3. The lowest BCUT2D eigenvalue weighted by molar-refractivity contribution is 0.111. The Kier molecular flexibility index (Phi) is 5.01. The van der Waals surface area contributed by atoms with E-state index in [1.54, 1.807) is 17.4 Å². The average molecular weight is 406 g/mol. The highest BCUT2D eigenvalue weighted by Gasteiger charge is 2.19. The molecule has 4 nitrogen and oxygen atoms in total. The molecule has 2 aromatic heterocycles. The predicted molar refractivity (Wildman–Crippen MR) is 117 cm³/mol. The van der Waals surface area contributed by atoms with Gasteiger partial charge in [0.1, 0.15) is 23.7 Å². The maximum Gasteiger partial charge on any atom is 0.164 e. The Bertz CT molecular complexity index is 1170. The summed E-state index contributed by atoms with van der Waals surface area (Å²) in [4.78, 5) is 16.0. The third-order valence-electron chi connectivity index (χ3n) is 4.84. The van der Waals surface area contributed by atoms with Gasteiger partial charge >= 0.3 is 0 Å². The largest absolute Gasteiger partial charge is 0.486 e. The summed E-state index contributed by atoms with van der Waals surface area (Å²) in [5, 5.41) is 3.92. The highest BCUT2D eigenvalue weighted by molar-refractivity contribution is 7.13. The molecule has 0 aliphatic rings. The molecule has 2 heterocycles. The van der Waals surface area contributed by atoms with Crippen LogP contribution in [0.1, 0.15) is 55.4 Å². The van der Waals surface area contributed by atoms with E-state index >= 15 is 0 Å². The lowest BCUT2D eigenvalue weighted by Crippen LogP contribution is -2.11. The second-order valence-electron chi connectivity index (χ2n) is 8.11. The number of ether oxygens (including phenoxy) is 1. The Balaban J connectivity index is 1.60. The van der Waals surface area contributed by atoms with Crippen molar-refractivity contribution in [2.24, 2.45) is 0 Å². The summed E-state index contributed by atoms with van der Waals surface area (Å²) < 4.78 is 12.1. The number of carbonyl (C=O) groups excluding carboxylic acids is 1. The van der Waals surface area contributed by atoms with Crippen LogP contribution in [0.25, 0.3) is 21.7 Å². The number of carbonyl (C=O) groups is 1. The van der Waals surface area contributed by atoms with E-state index in [0.717, 1.165) is 45.0 Å². The Morgan fingerprint density at radius 3 is 2.66 bits per heavy atom. The third-order valence-corrected chi connectivity index (χ3v) is 5.70. The van der Waals surface area contributed by atoms with Gasteiger partial charge in [0, 0.05) is 27.3 Å². The van der Waals surface area contributed by atoms with Crippen LogP contribution in [-0.2, 0) is 5.41 Å². The molecule has 4 aromatic rings. The van der Waals surface area contributed by atoms with Gasteiger partial charge in [-0.2, -0.15) is 0 Å². The number of hydrogen-bond acceptors (Lipinski definition) is 5. The molecular formula is C24H23NO3S. The van der Waals surface area contributed by atoms with E-state index in [9.17, 15) is 4.79 Å². The smallest absolute Gasteiger partial charge is 0.164 e. The molecule has 0 aliphatic heterocycles. The predicted octanol–water partition coefficient (Wildman–Crippen LogP) is 6.81. The van der Waals surface area contributed by atoms with Gasteiger partial charge < -0.3 is 9.15 Å². The average Bonchev–Trinajstić information content (AvgIpc) is 3.34. The van der Waals surface area contributed by atoms with Crippen molar-refractivity contribution in [3.8, 4) is 16.5 Å². The van der Waals surface area contributed by atoms with Gasteiger partial charge in [-0.1, -0.05) is 45.0 Å². The van der Waals surface area contributed by atoms with Crippen LogP contribution in [0.2, 0.25) is 0 Å². The SMILES string of the molecule is CC(Oc1ccc2oc(-c3nc(C(C)(C)C)cs3)cc2c1)c1ccccc1C=O.